The highest BCUT2D eigenvalue weighted by Crippen LogP contribution is 2.43. The van der Waals surface area contributed by atoms with E-state index in [9.17, 15) is 44.3 Å². The molecule has 0 aliphatic heterocycles. The quantitative estimate of drug-likeness (QED) is 0.0499. The first kappa shape index (κ1) is 49.4. The lowest BCUT2D eigenvalue weighted by atomic mass is 9.25. The molecule has 0 aliphatic carbocycles. The van der Waals surface area contributed by atoms with Crippen LogP contribution in [-0.2, 0) is 9.45 Å². The Morgan fingerprint density at radius 3 is 0.507 bits per heavy atom. The molecule has 0 aliphatic rings. The van der Waals surface area contributed by atoms with Gasteiger partial charge in [-0.3, -0.25) is 4.79 Å². The van der Waals surface area contributed by atoms with Crippen molar-refractivity contribution in [3.05, 3.63) is 157 Å². The maximum absolute atomic E-state index is 16.8. The van der Waals surface area contributed by atoms with Crippen LogP contribution in [0.15, 0.2) is 0 Å². The maximum Gasteiger partial charge on any atom is 0.261 e. The lowest BCUT2D eigenvalue weighted by molar-refractivity contribution is -0.121. The fourth-order valence-corrected chi connectivity index (χ4v) is 7.02. The van der Waals surface area contributed by atoms with Crippen molar-refractivity contribution in [2.75, 3.05) is 0 Å². The monoisotopic (exact) mass is 1000 g/mol. The van der Waals surface area contributed by atoms with E-state index in [2.05, 4.69) is 4.65 Å². The van der Waals surface area contributed by atoms with Crippen molar-refractivity contribution in [3.63, 3.8) is 0 Å². The summed E-state index contributed by atoms with van der Waals surface area (Å²) in [5, 5.41) is 0. The van der Waals surface area contributed by atoms with Crippen LogP contribution in [-0.4, -0.2) is 12.8 Å². The van der Waals surface area contributed by atoms with Gasteiger partial charge in [-0.25, -0.2) is 119 Å². The van der Waals surface area contributed by atoms with E-state index in [1.807, 2.05) is 0 Å². The third kappa shape index (κ3) is 6.55. The molecule has 0 saturated carbocycles. The minimum absolute atomic E-state index is 1.89. The van der Waals surface area contributed by atoms with Gasteiger partial charge in [0.25, 0.3) is 6.35 Å². The molecule has 0 saturated heterocycles. The molecular formula is C37HBF27O2-. The molecule has 2 nitrogen and oxygen atoms in total. The molecule has 354 valence electrons. The molecule has 0 fully saturated rings. The SMILES string of the molecule is O=CO[B-](c1c(F)c(F)c(F)c(F)c1-c1c(F)c(F)c(F)c(F)c1F)(c1c(F)c(F)c(F)c(F)c1-c1c(F)c(F)c(F)c(F)c1F)c1c(F)c(F)c(F)c(F)c1-c1c(F)c(F)c(F)c(F)c1F. The summed E-state index contributed by atoms with van der Waals surface area (Å²) >= 11 is 0. The lowest BCUT2D eigenvalue weighted by Gasteiger charge is -2.46. The summed E-state index contributed by atoms with van der Waals surface area (Å²) in [5.74, 6) is -101. The Balaban J connectivity index is 2.22. The second-order valence-electron chi connectivity index (χ2n) is 13.0. The van der Waals surface area contributed by atoms with Crippen molar-refractivity contribution in [1.82, 2.24) is 0 Å². The molecule has 0 radical (unpaired) electrons. The number of carbonyl (C=O) groups is 1. The van der Waals surface area contributed by atoms with E-state index in [1.165, 1.54) is 0 Å². The standard InChI is InChI=1S/C37HBF27O2/c39-11-2(5-14(42)26(54)35(63)27(55)15(5)43)8(20(48)32(60)23(11)51)38(67-1-66,9-3(12(40)24(52)33(61)21(9)49)6-16(44)28(56)36(64)29(57)17(6)45)10-4(13(41)25(53)34(62)22(10)50)7-18(46)30(58)37(65)31(59)19(7)47/h1H/q-1. The van der Waals surface area contributed by atoms with E-state index in [4.69, 9.17) is 0 Å². The van der Waals surface area contributed by atoms with Crippen LogP contribution in [0.5, 0.6) is 0 Å². The highest BCUT2D eigenvalue weighted by atomic mass is 19.2. The van der Waals surface area contributed by atoms with Gasteiger partial charge in [-0.1, -0.05) is 0 Å². The van der Waals surface area contributed by atoms with Gasteiger partial charge in [0.1, 0.15) is 17.5 Å². The number of carbonyl (C=O) groups excluding carboxylic acids is 1. The summed E-state index contributed by atoms with van der Waals surface area (Å²) in [6.45, 7) is -1.89. The Hall–Kier alpha value is -7.04. The van der Waals surface area contributed by atoms with E-state index in [0.717, 1.165) is 0 Å². The number of benzene rings is 6. The topological polar surface area (TPSA) is 26.3 Å². The second-order valence-corrected chi connectivity index (χ2v) is 13.0. The Labute approximate surface area is 348 Å². The van der Waals surface area contributed by atoms with Gasteiger partial charge in [-0.15, -0.1) is 16.4 Å². The summed E-state index contributed by atoms with van der Waals surface area (Å²) in [6.07, 6.45) is -7.75. The van der Waals surface area contributed by atoms with Gasteiger partial charge >= 0.3 is 0 Å². The van der Waals surface area contributed by atoms with Crippen LogP contribution >= 0.6 is 0 Å². The van der Waals surface area contributed by atoms with Gasteiger partial charge in [0, 0.05) is 0 Å². The average molecular weight is 1000 g/mol. The van der Waals surface area contributed by atoms with Crippen LogP contribution in [0.3, 0.4) is 0 Å². The molecular weight excluding hydrogens is 1000 g/mol. The minimum Gasteiger partial charge on any atom is -0.678 e. The molecule has 6 rings (SSSR count). The lowest BCUT2D eigenvalue weighted by Crippen LogP contribution is -2.74. The normalized spacial score (nSPS) is 11.9. The predicted molar refractivity (Wildman–Crippen MR) is 166 cm³/mol. The molecule has 0 unspecified atom stereocenters. The number of rotatable bonds is 8. The molecule has 0 atom stereocenters. The van der Waals surface area contributed by atoms with Crippen molar-refractivity contribution in [3.8, 4) is 33.4 Å². The van der Waals surface area contributed by atoms with Crippen LogP contribution in [0, 0.1) is 157 Å². The van der Waals surface area contributed by atoms with Gasteiger partial charge in [0.05, 0.1) is 16.7 Å². The van der Waals surface area contributed by atoms with Gasteiger partial charge in [-0.2, -0.15) is 0 Å². The first-order valence-corrected chi connectivity index (χ1v) is 16.4. The summed E-state index contributed by atoms with van der Waals surface area (Å²) in [5.41, 5.74) is -33.1. The number of halogens is 27. The van der Waals surface area contributed by atoms with Gasteiger partial charge in [0.15, 0.2) is 122 Å². The average Bonchev–Trinajstić information content (AvgIpc) is 3.30. The maximum atomic E-state index is 16.8. The zero-order chi connectivity index (χ0) is 50.7. The Bertz CT molecular complexity index is 2810. The van der Waals surface area contributed by atoms with Gasteiger partial charge in [-0.05, 0) is 16.7 Å². The van der Waals surface area contributed by atoms with E-state index >= 15 is 79.0 Å². The van der Waals surface area contributed by atoms with Crippen LogP contribution in [0.2, 0.25) is 0 Å². The zero-order valence-electron chi connectivity index (χ0n) is 30.2. The largest absolute Gasteiger partial charge is 0.678 e. The molecule has 0 N–H and O–H groups in total. The van der Waals surface area contributed by atoms with Crippen molar-refractivity contribution >= 4 is 29.2 Å². The van der Waals surface area contributed by atoms with Crippen LogP contribution in [0.4, 0.5) is 119 Å². The highest BCUT2D eigenvalue weighted by Gasteiger charge is 2.52. The first-order chi connectivity index (χ1) is 31.0. The van der Waals surface area contributed by atoms with E-state index in [0.29, 0.717) is 0 Å². The Morgan fingerprint density at radius 1 is 0.209 bits per heavy atom. The summed E-state index contributed by atoms with van der Waals surface area (Å²) in [4.78, 5) is 12.5. The molecule has 6 aromatic carbocycles. The Kier molecular flexibility index (Phi) is 12.3. The van der Waals surface area contributed by atoms with Crippen molar-refractivity contribution < 1.29 is 128 Å². The summed E-state index contributed by atoms with van der Waals surface area (Å²) in [7, 11) is 0. The second kappa shape index (κ2) is 16.7. The van der Waals surface area contributed by atoms with Crippen molar-refractivity contribution in [1.29, 1.82) is 0 Å². The van der Waals surface area contributed by atoms with Crippen molar-refractivity contribution in [2.45, 2.75) is 0 Å². The molecule has 6 aromatic rings. The third-order valence-corrected chi connectivity index (χ3v) is 9.77. The summed E-state index contributed by atoms with van der Waals surface area (Å²) < 4.78 is 420. The molecule has 0 amide bonds. The van der Waals surface area contributed by atoms with E-state index < -0.39 is 220 Å². The summed E-state index contributed by atoms with van der Waals surface area (Å²) in [6, 6.07) is 0. The number of hydrogen-bond acceptors (Lipinski definition) is 2. The Morgan fingerprint density at radius 2 is 0.343 bits per heavy atom. The molecule has 67 heavy (non-hydrogen) atoms. The van der Waals surface area contributed by atoms with Crippen LogP contribution < -0.4 is 16.4 Å². The van der Waals surface area contributed by atoms with Crippen LogP contribution in [0.1, 0.15) is 0 Å². The molecule has 0 heterocycles. The minimum atomic E-state index is -7.75. The van der Waals surface area contributed by atoms with E-state index in [1.54, 1.807) is 0 Å². The van der Waals surface area contributed by atoms with Gasteiger partial charge in [0.2, 0.25) is 23.9 Å². The fourth-order valence-electron chi connectivity index (χ4n) is 7.02. The molecule has 30 heteroatoms. The third-order valence-electron chi connectivity index (χ3n) is 9.77. The molecule has 0 bridgehead atoms. The zero-order valence-corrected chi connectivity index (χ0v) is 30.2. The fraction of sp³-hybridized carbons (Fsp3) is 0. The van der Waals surface area contributed by atoms with Crippen molar-refractivity contribution in [2.24, 2.45) is 0 Å². The molecule has 0 aromatic heterocycles. The van der Waals surface area contributed by atoms with Crippen LogP contribution in [0.25, 0.3) is 33.4 Å². The first-order valence-electron chi connectivity index (χ1n) is 16.4. The predicted octanol–water partition coefficient (Wildman–Crippen LogP) is 10.6. The smallest absolute Gasteiger partial charge is 0.261 e. The number of hydrogen-bond donors (Lipinski definition) is 0. The highest BCUT2D eigenvalue weighted by molar-refractivity contribution is 7.09. The van der Waals surface area contributed by atoms with E-state index in [-0.39, 0.29) is 0 Å². The van der Waals surface area contributed by atoms with Gasteiger partial charge < -0.3 is 4.65 Å². The molecule has 0 spiro atoms.